The van der Waals surface area contributed by atoms with Gasteiger partial charge in [0.05, 0.1) is 11.6 Å². The number of carbonyl (C=O) groups is 1. The highest BCUT2D eigenvalue weighted by molar-refractivity contribution is 6.34. The van der Waals surface area contributed by atoms with Crippen molar-refractivity contribution in [3.05, 3.63) is 41.6 Å². The number of benzene rings is 1. The summed E-state index contributed by atoms with van der Waals surface area (Å²) in [7, 11) is 1.97. The molecule has 0 radical (unpaired) electrons. The standard InChI is InChI=1S/C20H29ClN4O2/c1-4-22-19(24(3)5-2)17-7-6-16(14-18(17)21)25-11-8-15(9-12-25)20(27)23-10-13-26/h4,6-7,14-15,26H,1,5,8-13H2,2-3H3,(H,23,27). The van der Waals surface area contributed by atoms with E-state index in [9.17, 15) is 4.79 Å². The van der Waals surface area contributed by atoms with E-state index in [1.807, 2.05) is 24.1 Å². The molecule has 6 nitrogen and oxygen atoms in total. The van der Waals surface area contributed by atoms with Gasteiger partial charge in [-0.1, -0.05) is 18.2 Å². The minimum Gasteiger partial charge on any atom is -0.395 e. The van der Waals surface area contributed by atoms with Crippen molar-refractivity contribution in [1.29, 1.82) is 0 Å². The zero-order valence-corrected chi connectivity index (χ0v) is 16.9. The van der Waals surface area contributed by atoms with Crippen LogP contribution >= 0.6 is 11.6 Å². The van der Waals surface area contributed by atoms with Crippen LogP contribution in [0.5, 0.6) is 0 Å². The van der Waals surface area contributed by atoms with Gasteiger partial charge >= 0.3 is 0 Å². The normalized spacial score (nSPS) is 15.6. The molecule has 1 aliphatic heterocycles. The van der Waals surface area contributed by atoms with E-state index in [1.165, 1.54) is 6.20 Å². The number of hydrogen-bond donors (Lipinski definition) is 2. The van der Waals surface area contributed by atoms with Gasteiger partial charge in [-0.05, 0) is 38.0 Å². The number of piperidine rings is 1. The van der Waals surface area contributed by atoms with Crippen LogP contribution in [-0.4, -0.2) is 61.6 Å². The molecule has 27 heavy (non-hydrogen) atoms. The van der Waals surface area contributed by atoms with E-state index in [4.69, 9.17) is 16.7 Å². The molecule has 148 valence electrons. The molecule has 1 heterocycles. The van der Waals surface area contributed by atoms with Gasteiger partial charge in [0, 0.05) is 56.6 Å². The van der Waals surface area contributed by atoms with Gasteiger partial charge in [-0.3, -0.25) is 4.79 Å². The van der Waals surface area contributed by atoms with Gasteiger partial charge < -0.3 is 20.2 Å². The molecule has 1 saturated heterocycles. The second-order valence-electron chi connectivity index (χ2n) is 6.59. The van der Waals surface area contributed by atoms with Gasteiger partial charge in [0.15, 0.2) is 0 Å². The zero-order valence-electron chi connectivity index (χ0n) is 16.1. The second-order valence-corrected chi connectivity index (χ2v) is 7.00. The first-order chi connectivity index (χ1) is 13.0. The highest BCUT2D eigenvalue weighted by Crippen LogP contribution is 2.28. The minimum absolute atomic E-state index is 0.00655. The van der Waals surface area contributed by atoms with E-state index in [0.717, 1.165) is 49.6 Å². The van der Waals surface area contributed by atoms with E-state index >= 15 is 0 Å². The Kier molecular flexibility index (Phi) is 8.13. The number of halogens is 1. The molecule has 2 N–H and O–H groups in total. The number of rotatable bonds is 7. The van der Waals surface area contributed by atoms with E-state index in [-0.39, 0.29) is 18.4 Å². The lowest BCUT2D eigenvalue weighted by atomic mass is 9.95. The Labute approximate surface area is 166 Å². The number of anilines is 1. The molecule has 1 aliphatic rings. The van der Waals surface area contributed by atoms with Crippen molar-refractivity contribution in [3.63, 3.8) is 0 Å². The number of amides is 1. The first-order valence-electron chi connectivity index (χ1n) is 9.35. The molecule has 0 aromatic heterocycles. The third-order valence-corrected chi connectivity index (χ3v) is 5.20. The van der Waals surface area contributed by atoms with Gasteiger partial charge in [0.1, 0.15) is 5.84 Å². The minimum atomic E-state index is -0.0280. The lowest BCUT2D eigenvalue weighted by molar-refractivity contribution is -0.125. The molecule has 2 rings (SSSR count). The van der Waals surface area contributed by atoms with Crippen LogP contribution in [0.15, 0.2) is 36.0 Å². The number of aliphatic imine (C=N–C) groups is 1. The van der Waals surface area contributed by atoms with E-state index in [0.29, 0.717) is 11.6 Å². The molecular formula is C20H29ClN4O2. The van der Waals surface area contributed by atoms with Gasteiger partial charge in [-0.25, -0.2) is 4.99 Å². The summed E-state index contributed by atoms with van der Waals surface area (Å²) in [4.78, 5) is 20.7. The molecular weight excluding hydrogens is 364 g/mol. The Bertz CT molecular complexity index is 685. The Morgan fingerprint density at radius 3 is 2.74 bits per heavy atom. The maximum Gasteiger partial charge on any atom is 0.223 e. The number of nitrogens with zero attached hydrogens (tertiary/aromatic N) is 3. The number of nitrogens with one attached hydrogen (secondary N) is 1. The summed E-state index contributed by atoms with van der Waals surface area (Å²) >= 11 is 6.56. The zero-order chi connectivity index (χ0) is 19.8. The predicted octanol–water partition coefficient (Wildman–Crippen LogP) is 2.51. The number of aliphatic hydroxyl groups is 1. The fourth-order valence-corrected chi connectivity index (χ4v) is 3.47. The molecule has 1 aromatic carbocycles. The molecule has 1 fully saturated rings. The van der Waals surface area contributed by atoms with Crippen LogP contribution in [0.3, 0.4) is 0 Å². The predicted molar refractivity (Wildman–Crippen MR) is 112 cm³/mol. The lowest BCUT2D eigenvalue weighted by Crippen LogP contribution is -2.41. The summed E-state index contributed by atoms with van der Waals surface area (Å²) in [6, 6.07) is 6.01. The average molecular weight is 393 g/mol. The fraction of sp³-hybridized carbons (Fsp3) is 0.500. The molecule has 0 bridgehead atoms. The molecule has 0 spiro atoms. The van der Waals surface area contributed by atoms with Crippen LogP contribution in [0.1, 0.15) is 25.3 Å². The number of amidine groups is 1. The number of carbonyl (C=O) groups excluding carboxylic acids is 1. The third-order valence-electron chi connectivity index (χ3n) is 4.88. The highest BCUT2D eigenvalue weighted by Gasteiger charge is 2.25. The van der Waals surface area contributed by atoms with Crippen LogP contribution in [0, 0.1) is 5.92 Å². The van der Waals surface area contributed by atoms with Gasteiger partial charge in [-0.15, -0.1) is 0 Å². The van der Waals surface area contributed by atoms with Crippen molar-refractivity contribution >= 4 is 29.0 Å². The summed E-state index contributed by atoms with van der Waals surface area (Å²) in [6.45, 7) is 8.45. The Balaban J connectivity index is 2.07. The Morgan fingerprint density at radius 1 is 1.48 bits per heavy atom. The molecule has 0 atom stereocenters. The van der Waals surface area contributed by atoms with Crippen LogP contribution in [-0.2, 0) is 4.79 Å². The van der Waals surface area contributed by atoms with Gasteiger partial charge in [-0.2, -0.15) is 0 Å². The van der Waals surface area contributed by atoms with Crippen LogP contribution in [0.4, 0.5) is 5.69 Å². The van der Waals surface area contributed by atoms with Crippen molar-refractivity contribution in [1.82, 2.24) is 10.2 Å². The topological polar surface area (TPSA) is 68.2 Å². The monoisotopic (exact) mass is 392 g/mol. The van der Waals surface area contributed by atoms with Crippen molar-refractivity contribution in [3.8, 4) is 0 Å². The highest BCUT2D eigenvalue weighted by atomic mass is 35.5. The van der Waals surface area contributed by atoms with Crippen molar-refractivity contribution in [2.24, 2.45) is 10.9 Å². The van der Waals surface area contributed by atoms with Crippen LogP contribution in [0.25, 0.3) is 0 Å². The van der Waals surface area contributed by atoms with Gasteiger partial charge in [0.25, 0.3) is 0 Å². The Morgan fingerprint density at radius 2 is 2.19 bits per heavy atom. The van der Waals surface area contributed by atoms with Crippen LogP contribution in [0.2, 0.25) is 5.02 Å². The number of aliphatic hydroxyl groups excluding tert-OH is 1. The first kappa shape index (κ1) is 21.3. The summed E-state index contributed by atoms with van der Waals surface area (Å²) < 4.78 is 0. The quantitative estimate of drug-likeness (QED) is 0.552. The first-order valence-corrected chi connectivity index (χ1v) is 9.72. The molecule has 0 unspecified atom stereocenters. The molecule has 0 aliphatic carbocycles. The lowest BCUT2D eigenvalue weighted by Gasteiger charge is -2.33. The van der Waals surface area contributed by atoms with E-state index < -0.39 is 0 Å². The summed E-state index contributed by atoms with van der Waals surface area (Å²) in [6.07, 6.45) is 3.11. The largest absolute Gasteiger partial charge is 0.395 e. The van der Waals surface area contributed by atoms with E-state index in [2.05, 4.69) is 34.8 Å². The van der Waals surface area contributed by atoms with Crippen molar-refractivity contribution in [2.75, 3.05) is 44.7 Å². The summed E-state index contributed by atoms with van der Waals surface area (Å²) in [5.74, 6) is 0.834. The van der Waals surface area contributed by atoms with E-state index in [1.54, 1.807) is 0 Å². The number of hydrogen-bond acceptors (Lipinski definition) is 4. The molecule has 1 aromatic rings. The molecule has 7 heteroatoms. The maximum absolute atomic E-state index is 12.0. The van der Waals surface area contributed by atoms with Crippen LogP contribution < -0.4 is 10.2 Å². The second kappa shape index (κ2) is 10.3. The fourth-order valence-electron chi connectivity index (χ4n) is 3.22. The third kappa shape index (κ3) is 5.47. The Hall–Kier alpha value is -2.05. The van der Waals surface area contributed by atoms with Gasteiger partial charge in [0.2, 0.25) is 5.91 Å². The van der Waals surface area contributed by atoms with Crippen molar-refractivity contribution < 1.29 is 9.90 Å². The molecule has 0 saturated carbocycles. The summed E-state index contributed by atoms with van der Waals surface area (Å²) in [5.41, 5.74) is 1.93. The summed E-state index contributed by atoms with van der Waals surface area (Å²) in [5, 5.41) is 12.2. The smallest absolute Gasteiger partial charge is 0.223 e. The SMILES string of the molecule is C=CN=C(c1ccc(N2CCC(C(=O)NCCO)CC2)cc1Cl)N(C)CC. The maximum atomic E-state index is 12.0. The molecule has 1 amide bonds. The average Bonchev–Trinajstić information content (AvgIpc) is 2.70. The van der Waals surface area contributed by atoms with Crippen molar-refractivity contribution in [2.45, 2.75) is 19.8 Å².